The number of amides is 1. The van der Waals surface area contributed by atoms with Crippen LogP contribution in [0.3, 0.4) is 0 Å². The minimum atomic E-state index is -0.497. The van der Waals surface area contributed by atoms with E-state index in [4.69, 9.17) is 5.73 Å². The smallest absolute Gasteiger partial charge is 0.252 e. The van der Waals surface area contributed by atoms with Crippen LogP contribution in [0.25, 0.3) is 16.9 Å². The van der Waals surface area contributed by atoms with Crippen LogP contribution in [0.4, 0.5) is 0 Å². The lowest BCUT2D eigenvalue weighted by atomic mass is 9.59. The summed E-state index contributed by atoms with van der Waals surface area (Å²) in [5.41, 5.74) is 8.92. The normalized spacial score (nSPS) is 21.2. The van der Waals surface area contributed by atoms with Crippen LogP contribution in [0.5, 0.6) is 0 Å². The first kappa shape index (κ1) is 17.5. The van der Waals surface area contributed by atoms with Crippen LogP contribution in [0.2, 0.25) is 0 Å². The van der Waals surface area contributed by atoms with Gasteiger partial charge in [0.05, 0.1) is 16.7 Å². The van der Waals surface area contributed by atoms with E-state index in [0.29, 0.717) is 17.1 Å². The summed E-state index contributed by atoms with van der Waals surface area (Å²) in [5.74, 6) is 0.946. The summed E-state index contributed by atoms with van der Waals surface area (Å²) in [6, 6.07) is 5.58. The predicted octanol–water partition coefficient (Wildman–Crippen LogP) is 2.34. The molecule has 0 radical (unpaired) electrons. The highest BCUT2D eigenvalue weighted by molar-refractivity contribution is 5.98. The number of fused-ring (bicyclic) bond motifs is 1. The molecule has 1 amide bonds. The van der Waals surface area contributed by atoms with E-state index in [0.717, 1.165) is 35.5 Å². The van der Waals surface area contributed by atoms with Gasteiger partial charge in [0, 0.05) is 37.4 Å². The Morgan fingerprint density at radius 3 is 2.83 bits per heavy atom. The monoisotopic (exact) mass is 387 g/mol. The largest absolute Gasteiger partial charge is 0.365 e. The Balaban J connectivity index is 1.61. The van der Waals surface area contributed by atoms with Crippen LogP contribution in [0, 0.1) is 5.92 Å². The van der Waals surface area contributed by atoms with Crippen molar-refractivity contribution >= 4 is 11.6 Å². The van der Waals surface area contributed by atoms with Gasteiger partial charge in [0.25, 0.3) is 5.91 Å². The molecule has 4 aromatic heterocycles. The van der Waals surface area contributed by atoms with E-state index < -0.39 is 5.91 Å². The van der Waals surface area contributed by atoms with Gasteiger partial charge in [0.15, 0.2) is 5.82 Å². The second kappa shape index (κ2) is 6.23. The zero-order chi connectivity index (χ0) is 20.2. The number of hydrogen-bond donors (Lipinski definition) is 1. The van der Waals surface area contributed by atoms with Gasteiger partial charge in [0.1, 0.15) is 12.0 Å². The molecule has 146 valence electrons. The second-order valence-corrected chi connectivity index (χ2v) is 7.94. The molecule has 1 fully saturated rings. The Bertz CT molecular complexity index is 1230. The molecule has 0 atom stereocenters. The fourth-order valence-corrected chi connectivity index (χ4v) is 4.42. The Kier molecular flexibility index (Phi) is 3.77. The molecule has 0 aliphatic heterocycles. The first-order valence-corrected chi connectivity index (χ1v) is 9.56. The summed E-state index contributed by atoms with van der Waals surface area (Å²) in [7, 11) is 1.88. The van der Waals surface area contributed by atoms with Gasteiger partial charge in [0.2, 0.25) is 0 Å². The van der Waals surface area contributed by atoms with E-state index in [1.807, 2.05) is 30.0 Å². The van der Waals surface area contributed by atoms with Gasteiger partial charge in [-0.25, -0.2) is 9.97 Å². The third-order valence-electron chi connectivity index (χ3n) is 5.76. The number of aromatic nitrogens is 6. The number of pyridine rings is 2. The molecule has 0 unspecified atom stereocenters. The number of imidazole rings is 1. The van der Waals surface area contributed by atoms with Gasteiger partial charge in [-0.3, -0.25) is 14.5 Å². The van der Waals surface area contributed by atoms with Crippen molar-refractivity contribution in [3.05, 3.63) is 66.3 Å². The van der Waals surface area contributed by atoms with Crippen LogP contribution in [0.1, 0.15) is 41.5 Å². The van der Waals surface area contributed by atoms with Crippen molar-refractivity contribution in [2.24, 2.45) is 18.7 Å². The van der Waals surface area contributed by atoms with Crippen molar-refractivity contribution in [1.82, 2.24) is 29.1 Å². The molecule has 0 aromatic carbocycles. The van der Waals surface area contributed by atoms with Gasteiger partial charge < -0.3 is 10.1 Å². The lowest BCUT2D eigenvalue weighted by molar-refractivity contribution is 0.100. The standard InChI is InChI=1S/C21H21N7O/c1-13-7-21(8-13,20-24-12-27(2)26-20)15-6-14(9-23-10-15)17-11-28-5-3-4-16(18(22)29)19(28)25-17/h3-6,9-13H,7-8H2,1-2H3,(H2,22,29). The molecule has 8 nitrogen and oxygen atoms in total. The molecule has 1 aliphatic rings. The van der Waals surface area contributed by atoms with Crippen molar-refractivity contribution in [1.29, 1.82) is 0 Å². The highest BCUT2D eigenvalue weighted by Gasteiger charge is 2.48. The number of primary amides is 1. The molecule has 1 saturated carbocycles. The van der Waals surface area contributed by atoms with Crippen LogP contribution in [-0.4, -0.2) is 35.0 Å². The third kappa shape index (κ3) is 2.71. The lowest BCUT2D eigenvalue weighted by Gasteiger charge is -2.44. The van der Waals surface area contributed by atoms with E-state index in [2.05, 4.69) is 33.0 Å². The number of nitrogens with zero attached hydrogens (tertiary/aromatic N) is 6. The summed E-state index contributed by atoms with van der Waals surface area (Å²) in [5, 5.41) is 4.59. The first-order valence-electron chi connectivity index (χ1n) is 9.56. The van der Waals surface area contributed by atoms with Crippen molar-refractivity contribution in [2.75, 3.05) is 0 Å². The van der Waals surface area contributed by atoms with Gasteiger partial charge in [-0.1, -0.05) is 6.92 Å². The van der Waals surface area contributed by atoms with E-state index >= 15 is 0 Å². The van der Waals surface area contributed by atoms with Crippen LogP contribution in [-0.2, 0) is 12.5 Å². The molecular weight excluding hydrogens is 366 g/mol. The summed E-state index contributed by atoms with van der Waals surface area (Å²) >= 11 is 0. The molecular formula is C21H21N7O. The van der Waals surface area contributed by atoms with Crippen molar-refractivity contribution < 1.29 is 4.79 Å². The summed E-state index contributed by atoms with van der Waals surface area (Å²) in [6.45, 7) is 2.24. The van der Waals surface area contributed by atoms with Gasteiger partial charge >= 0.3 is 0 Å². The fourth-order valence-electron chi connectivity index (χ4n) is 4.42. The van der Waals surface area contributed by atoms with E-state index in [-0.39, 0.29) is 5.41 Å². The molecule has 4 aromatic rings. The summed E-state index contributed by atoms with van der Waals surface area (Å²) < 4.78 is 3.55. The van der Waals surface area contributed by atoms with Crippen LogP contribution < -0.4 is 5.73 Å². The van der Waals surface area contributed by atoms with E-state index in [1.165, 1.54) is 0 Å². The minimum absolute atomic E-state index is 0.221. The molecule has 29 heavy (non-hydrogen) atoms. The molecule has 0 bridgehead atoms. The number of hydrogen-bond acceptors (Lipinski definition) is 5. The predicted molar refractivity (Wildman–Crippen MR) is 107 cm³/mol. The molecule has 8 heteroatoms. The zero-order valence-electron chi connectivity index (χ0n) is 16.3. The Morgan fingerprint density at radius 2 is 2.14 bits per heavy atom. The maximum atomic E-state index is 11.7. The number of carbonyl (C=O) groups excluding carboxylic acids is 1. The summed E-state index contributed by atoms with van der Waals surface area (Å²) in [4.78, 5) is 25.4. The fraction of sp³-hybridized carbons (Fsp3) is 0.286. The van der Waals surface area contributed by atoms with Crippen molar-refractivity contribution in [3.8, 4) is 11.3 Å². The molecule has 5 rings (SSSR count). The molecule has 0 saturated heterocycles. The zero-order valence-corrected chi connectivity index (χ0v) is 16.3. The number of aryl methyl sites for hydroxylation is 1. The first-order chi connectivity index (χ1) is 14.0. The quantitative estimate of drug-likeness (QED) is 0.579. The van der Waals surface area contributed by atoms with Crippen LogP contribution >= 0.6 is 0 Å². The number of nitrogens with two attached hydrogens (primary N) is 1. The summed E-state index contributed by atoms with van der Waals surface area (Å²) in [6.07, 6.45) is 11.1. The average molecular weight is 387 g/mol. The number of rotatable bonds is 4. The van der Waals surface area contributed by atoms with Gasteiger partial charge in [-0.05, 0) is 42.5 Å². The van der Waals surface area contributed by atoms with Crippen molar-refractivity contribution in [2.45, 2.75) is 25.2 Å². The Morgan fingerprint density at radius 1 is 1.31 bits per heavy atom. The third-order valence-corrected chi connectivity index (χ3v) is 5.76. The SMILES string of the molecule is CC1CC(c2cncc(-c3cn4cccc(C(N)=O)c4n3)c2)(c2ncn(C)n2)C1. The van der Waals surface area contributed by atoms with E-state index in [9.17, 15) is 4.79 Å². The molecule has 1 aliphatic carbocycles. The maximum Gasteiger partial charge on any atom is 0.252 e. The average Bonchev–Trinajstić information content (AvgIpc) is 3.31. The highest BCUT2D eigenvalue weighted by atomic mass is 16.1. The number of carbonyl (C=O) groups is 1. The van der Waals surface area contributed by atoms with E-state index in [1.54, 1.807) is 29.3 Å². The Hall–Kier alpha value is -3.55. The topological polar surface area (TPSA) is 104 Å². The lowest BCUT2D eigenvalue weighted by Crippen LogP contribution is -2.42. The van der Waals surface area contributed by atoms with Crippen LogP contribution in [0.15, 0.2) is 49.3 Å². The van der Waals surface area contributed by atoms with Gasteiger partial charge in [-0.15, -0.1) is 0 Å². The minimum Gasteiger partial charge on any atom is -0.365 e. The van der Waals surface area contributed by atoms with Gasteiger partial charge in [-0.2, -0.15) is 5.10 Å². The molecule has 4 heterocycles. The molecule has 2 N–H and O–H groups in total. The highest BCUT2D eigenvalue weighted by Crippen LogP contribution is 2.51. The molecule has 0 spiro atoms. The van der Waals surface area contributed by atoms with Crippen molar-refractivity contribution in [3.63, 3.8) is 0 Å². The second-order valence-electron chi connectivity index (χ2n) is 7.94. The maximum absolute atomic E-state index is 11.7. The Labute approximate surface area is 167 Å².